The lowest BCUT2D eigenvalue weighted by Crippen LogP contribution is -2.36. The highest BCUT2D eigenvalue weighted by Gasteiger charge is 2.10. The molecule has 0 saturated carbocycles. The SMILES string of the molecule is CN=C(NCc1ccsc1)NCc1cc(Br)c(OC)c(OC)c1.I. The smallest absolute Gasteiger partial charge is 0.191 e. The van der Waals surface area contributed by atoms with Gasteiger partial charge in [-0.05, 0) is 56.0 Å². The van der Waals surface area contributed by atoms with Gasteiger partial charge in [0.15, 0.2) is 17.5 Å². The van der Waals surface area contributed by atoms with E-state index < -0.39 is 0 Å². The summed E-state index contributed by atoms with van der Waals surface area (Å²) in [5.41, 5.74) is 2.31. The molecule has 0 amide bonds. The summed E-state index contributed by atoms with van der Waals surface area (Å²) in [6, 6.07) is 6.04. The van der Waals surface area contributed by atoms with Crippen LogP contribution in [0.3, 0.4) is 0 Å². The number of aliphatic imine (C=N–C) groups is 1. The third kappa shape index (κ3) is 5.82. The number of nitrogens with zero attached hydrogens (tertiary/aromatic N) is 1. The standard InChI is InChI=1S/C16H20BrN3O2S.HI/c1-18-16(19-8-11-4-5-23-10-11)20-9-12-6-13(17)15(22-3)14(7-12)21-2;/h4-7,10H,8-9H2,1-3H3,(H2,18,19,20);1H. The van der Waals surface area contributed by atoms with Crippen molar-refractivity contribution >= 4 is 57.2 Å². The van der Waals surface area contributed by atoms with Crippen molar-refractivity contribution in [2.24, 2.45) is 4.99 Å². The zero-order chi connectivity index (χ0) is 16.7. The Morgan fingerprint density at radius 2 is 1.88 bits per heavy atom. The van der Waals surface area contributed by atoms with Crippen molar-refractivity contribution < 1.29 is 9.47 Å². The molecule has 0 atom stereocenters. The van der Waals surface area contributed by atoms with E-state index in [0.29, 0.717) is 18.0 Å². The van der Waals surface area contributed by atoms with Crippen LogP contribution >= 0.6 is 51.2 Å². The van der Waals surface area contributed by atoms with E-state index in [0.717, 1.165) is 22.5 Å². The van der Waals surface area contributed by atoms with Gasteiger partial charge < -0.3 is 20.1 Å². The first-order chi connectivity index (χ1) is 11.2. The molecule has 0 unspecified atom stereocenters. The quantitative estimate of drug-likeness (QED) is 0.340. The van der Waals surface area contributed by atoms with Crippen LogP contribution in [0, 0.1) is 0 Å². The first kappa shape index (κ1) is 21.0. The van der Waals surface area contributed by atoms with Gasteiger partial charge in [0.2, 0.25) is 0 Å². The predicted molar refractivity (Wildman–Crippen MR) is 114 cm³/mol. The van der Waals surface area contributed by atoms with Crippen LogP contribution in [0.15, 0.2) is 38.4 Å². The molecule has 0 bridgehead atoms. The Hall–Kier alpha value is -1.00. The topological polar surface area (TPSA) is 54.9 Å². The minimum atomic E-state index is 0. The molecule has 24 heavy (non-hydrogen) atoms. The van der Waals surface area contributed by atoms with Crippen molar-refractivity contribution in [2.75, 3.05) is 21.3 Å². The highest BCUT2D eigenvalue weighted by atomic mass is 127. The number of guanidine groups is 1. The summed E-state index contributed by atoms with van der Waals surface area (Å²) < 4.78 is 11.5. The largest absolute Gasteiger partial charge is 0.493 e. The van der Waals surface area contributed by atoms with Gasteiger partial charge in [-0.1, -0.05) is 0 Å². The lowest BCUT2D eigenvalue weighted by Gasteiger charge is -2.14. The molecule has 0 aliphatic heterocycles. The van der Waals surface area contributed by atoms with E-state index in [2.05, 4.69) is 48.4 Å². The molecule has 2 aromatic rings. The van der Waals surface area contributed by atoms with Gasteiger partial charge in [-0.15, -0.1) is 24.0 Å². The van der Waals surface area contributed by atoms with Gasteiger partial charge in [-0.2, -0.15) is 11.3 Å². The van der Waals surface area contributed by atoms with E-state index in [-0.39, 0.29) is 24.0 Å². The number of hydrogen-bond donors (Lipinski definition) is 2. The molecule has 0 radical (unpaired) electrons. The molecule has 0 saturated heterocycles. The Labute approximate surface area is 172 Å². The zero-order valence-corrected chi connectivity index (χ0v) is 18.5. The normalized spacial score (nSPS) is 10.8. The highest BCUT2D eigenvalue weighted by molar-refractivity contribution is 14.0. The summed E-state index contributed by atoms with van der Waals surface area (Å²) in [6.07, 6.45) is 0. The fourth-order valence-electron chi connectivity index (χ4n) is 2.06. The number of ether oxygens (including phenoxy) is 2. The summed E-state index contributed by atoms with van der Waals surface area (Å²) in [5.74, 6) is 2.14. The van der Waals surface area contributed by atoms with E-state index in [1.165, 1.54) is 5.56 Å². The molecule has 0 spiro atoms. The van der Waals surface area contributed by atoms with Crippen LogP contribution in [0.5, 0.6) is 11.5 Å². The Bertz CT molecular complexity index is 666. The molecule has 0 aliphatic carbocycles. The van der Waals surface area contributed by atoms with Crippen molar-refractivity contribution in [1.82, 2.24) is 10.6 Å². The number of nitrogens with one attached hydrogen (secondary N) is 2. The minimum Gasteiger partial charge on any atom is -0.493 e. The molecule has 1 aromatic heterocycles. The number of benzene rings is 1. The minimum absolute atomic E-state index is 0. The Morgan fingerprint density at radius 3 is 2.42 bits per heavy atom. The molecule has 8 heteroatoms. The van der Waals surface area contributed by atoms with Crippen LogP contribution in [0.4, 0.5) is 0 Å². The monoisotopic (exact) mass is 525 g/mol. The van der Waals surface area contributed by atoms with Crippen LogP contribution in [0.2, 0.25) is 0 Å². The summed E-state index contributed by atoms with van der Waals surface area (Å²) in [5, 5.41) is 10.8. The molecular weight excluding hydrogens is 505 g/mol. The van der Waals surface area contributed by atoms with Crippen molar-refractivity contribution in [1.29, 1.82) is 0 Å². The number of rotatable bonds is 6. The maximum Gasteiger partial charge on any atom is 0.191 e. The molecule has 1 heterocycles. The fourth-order valence-corrected chi connectivity index (χ4v) is 3.38. The first-order valence-corrected chi connectivity index (χ1v) is 8.77. The average molecular weight is 526 g/mol. The maximum absolute atomic E-state index is 5.36. The molecule has 132 valence electrons. The van der Waals surface area contributed by atoms with E-state index in [4.69, 9.17) is 9.47 Å². The van der Waals surface area contributed by atoms with E-state index in [1.807, 2.05) is 12.1 Å². The van der Waals surface area contributed by atoms with Crippen molar-refractivity contribution in [3.63, 3.8) is 0 Å². The lowest BCUT2D eigenvalue weighted by molar-refractivity contribution is 0.352. The third-order valence-corrected chi connectivity index (χ3v) is 4.54. The van der Waals surface area contributed by atoms with Crippen LogP contribution < -0.4 is 20.1 Å². The molecule has 0 aliphatic rings. The molecular formula is C16H21BrIN3O2S. The van der Waals surface area contributed by atoms with Gasteiger partial charge in [-0.25, -0.2) is 0 Å². The second-order valence-electron chi connectivity index (χ2n) is 4.72. The van der Waals surface area contributed by atoms with Crippen LogP contribution in [0.25, 0.3) is 0 Å². The lowest BCUT2D eigenvalue weighted by atomic mass is 10.2. The van der Waals surface area contributed by atoms with Gasteiger partial charge in [0.1, 0.15) is 0 Å². The summed E-state index contributed by atoms with van der Waals surface area (Å²) in [7, 11) is 5.01. The number of halogens is 2. The van der Waals surface area contributed by atoms with Gasteiger partial charge in [0.25, 0.3) is 0 Å². The summed E-state index contributed by atoms with van der Waals surface area (Å²) in [6.45, 7) is 1.38. The number of methoxy groups -OCH3 is 2. The van der Waals surface area contributed by atoms with Gasteiger partial charge >= 0.3 is 0 Å². The molecule has 2 N–H and O–H groups in total. The third-order valence-electron chi connectivity index (χ3n) is 3.22. The van der Waals surface area contributed by atoms with E-state index in [9.17, 15) is 0 Å². The summed E-state index contributed by atoms with van der Waals surface area (Å²) >= 11 is 5.19. The second kappa shape index (κ2) is 10.8. The van der Waals surface area contributed by atoms with Gasteiger partial charge in [-0.3, -0.25) is 4.99 Å². The Morgan fingerprint density at radius 1 is 1.17 bits per heavy atom. The predicted octanol–water partition coefficient (Wildman–Crippen LogP) is 4.01. The molecule has 2 rings (SSSR count). The van der Waals surface area contributed by atoms with E-state index >= 15 is 0 Å². The van der Waals surface area contributed by atoms with Crippen LogP contribution in [-0.2, 0) is 13.1 Å². The number of thiophene rings is 1. The average Bonchev–Trinajstić information content (AvgIpc) is 3.07. The highest BCUT2D eigenvalue weighted by Crippen LogP contribution is 2.36. The molecule has 1 aromatic carbocycles. The second-order valence-corrected chi connectivity index (χ2v) is 6.36. The van der Waals surface area contributed by atoms with Crippen molar-refractivity contribution in [3.05, 3.63) is 44.6 Å². The van der Waals surface area contributed by atoms with Crippen LogP contribution in [-0.4, -0.2) is 27.2 Å². The first-order valence-electron chi connectivity index (χ1n) is 7.04. The van der Waals surface area contributed by atoms with Crippen molar-refractivity contribution in [2.45, 2.75) is 13.1 Å². The van der Waals surface area contributed by atoms with Crippen molar-refractivity contribution in [3.8, 4) is 11.5 Å². The Kier molecular flexibility index (Phi) is 9.45. The van der Waals surface area contributed by atoms with Gasteiger partial charge in [0.05, 0.1) is 18.7 Å². The fraction of sp³-hybridized carbons (Fsp3) is 0.312. The Balaban J connectivity index is 0.00000288. The van der Waals surface area contributed by atoms with E-state index in [1.54, 1.807) is 32.6 Å². The summed E-state index contributed by atoms with van der Waals surface area (Å²) in [4.78, 5) is 4.23. The maximum atomic E-state index is 5.36. The van der Waals surface area contributed by atoms with Gasteiger partial charge in [0, 0.05) is 20.1 Å². The molecule has 5 nitrogen and oxygen atoms in total. The van der Waals surface area contributed by atoms with Crippen LogP contribution in [0.1, 0.15) is 11.1 Å². The molecule has 0 fully saturated rings. The zero-order valence-electron chi connectivity index (χ0n) is 13.8. The number of hydrogen-bond acceptors (Lipinski definition) is 4.